The van der Waals surface area contributed by atoms with Crippen LogP contribution in [-0.4, -0.2) is 4.98 Å². The molecule has 0 fully saturated rings. The van der Waals surface area contributed by atoms with Gasteiger partial charge in [-0.15, -0.1) is 11.3 Å². The normalized spacial score (nSPS) is 10.5. The zero-order valence-corrected chi connectivity index (χ0v) is 11.0. The van der Waals surface area contributed by atoms with Crippen LogP contribution in [0.3, 0.4) is 0 Å². The minimum Gasteiger partial charge on any atom is -0.326 e. The van der Waals surface area contributed by atoms with E-state index in [0.717, 1.165) is 14.4 Å². The average molecular weight is 301 g/mol. The maximum atomic E-state index is 5.68. The Bertz CT molecular complexity index is 443. The fourth-order valence-corrected chi connectivity index (χ4v) is 3.42. The summed E-state index contributed by atoms with van der Waals surface area (Å²) in [5, 5.41) is 1.97. The van der Waals surface area contributed by atoms with E-state index in [0.29, 0.717) is 6.54 Å². The SMILES string of the molecule is NCc1ccc(Br)cc1Sc1nccs1. The van der Waals surface area contributed by atoms with Gasteiger partial charge in [-0.25, -0.2) is 4.98 Å². The van der Waals surface area contributed by atoms with Crippen LogP contribution in [0.1, 0.15) is 5.56 Å². The van der Waals surface area contributed by atoms with E-state index in [2.05, 4.69) is 27.0 Å². The standard InChI is InChI=1S/C10H9BrN2S2/c11-8-2-1-7(6-12)9(5-8)15-10-13-3-4-14-10/h1-5H,6,12H2. The fourth-order valence-electron chi connectivity index (χ4n) is 1.15. The predicted octanol–water partition coefficient (Wildman–Crippen LogP) is 3.52. The van der Waals surface area contributed by atoms with E-state index in [1.165, 1.54) is 4.90 Å². The highest BCUT2D eigenvalue weighted by atomic mass is 79.9. The molecule has 2 aromatic rings. The van der Waals surface area contributed by atoms with E-state index in [1.807, 2.05) is 23.7 Å². The van der Waals surface area contributed by atoms with E-state index in [-0.39, 0.29) is 0 Å². The van der Waals surface area contributed by atoms with Crippen molar-refractivity contribution in [2.45, 2.75) is 15.8 Å². The second-order valence-corrected chi connectivity index (χ2v) is 5.96. The summed E-state index contributed by atoms with van der Waals surface area (Å²) in [6.07, 6.45) is 1.81. The number of aromatic nitrogens is 1. The first-order chi connectivity index (χ1) is 7.29. The van der Waals surface area contributed by atoms with Crippen LogP contribution < -0.4 is 5.73 Å². The summed E-state index contributed by atoms with van der Waals surface area (Å²) in [6, 6.07) is 6.13. The second-order valence-electron chi connectivity index (χ2n) is 2.86. The number of nitrogens with two attached hydrogens (primary N) is 1. The number of hydrogen-bond donors (Lipinski definition) is 1. The van der Waals surface area contributed by atoms with Crippen molar-refractivity contribution >= 4 is 39.0 Å². The summed E-state index contributed by atoms with van der Waals surface area (Å²) in [4.78, 5) is 5.41. The summed E-state index contributed by atoms with van der Waals surface area (Å²) in [6.45, 7) is 0.557. The maximum Gasteiger partial charge on any atom is 0.154 e. The van der Waals surface area contributed by atoms with Gasteiger partial charge < -0.3 is 5.73 Å². The van der Waals surface area contributed by atoms with Crippen molar-refractivity contribution in [3.63, 3.8) is 0 Å². The zero-order chi connectivity index (χ0) is 10.7. The van der Waals surface area contributed by atoms with Crippen LogP contribution in [0.2, 0.25) is 0 Å². The summed E-state index contributed by atoms with van der Waals surface area (Å²) < 4.78 is 2.11. The van der Waals surface area contributed by atoms with Gasteiger partial charge in [-0.3, -0.25) is 0 Å². The third-order valence-electron chi connectivity index (χ3n) is 1.86. The van der Waals surface area contributed by atoms with E-state index in [4.69, 9.17) is 5.73 Å². The van der Waals surface area contributed by atoms with Gasteiger partial charge in [0, 0.05) is 27.5 Å². The van der Waals surface area contributed by atoms with E-state index in [1.54, 1.807) is 23.1 Å². The lowest BCUT2D eigenvalue weighted by atomic mass is 10.2. The molecule has 0 bridgehead atoms. The van der Waals surface area contributed by atoms with Gasteiger partial charge in [0.15, 0.2) is 4.34 Å². The molecule has 2 rings (SSSR count). The van der Waals surface area contributed by atoms with Gasteiger partial charge in [0.2, 0.25) is 0 Å². The van der Waals surface area contributed by atoms with Gasteiger partial charge in [-0.2, -0.15) is 0 Å². The highest BCUT2D eigenvalue weighted by Crippen LogP contribution is 2.33. The molecular formula is C10H9BrN2S2. The first-order valence-electron chi connectivity index (χ1n) is 4.35. The molecule has 0 saturated heterocycles. The number of thiazole rings is 1. The lowest BCUT2D eigenvalue weighted by Gasteiger charge is -2.05. The minimum atomic E-state index is 0.557. The van der Waals surface area contributed by atoms with Crippen molar-refractivity contribution in [2.75, 3.05) is 0 Å². The number of hydrogen-bond acceptors (Lipinski definition) is 4. The Hall–Kier alpha value is -0.360. The van der Waals surface area contributed by atoms with Gasteiger partial charge in [0.25, 0.3) is 0 Å². The molecule has 0 aliphatic rings. The smallest absolute Gasteiger partial charge is 0.154 e. The number of rotatable bonds is 3. The summed E-state index contributed by atoms with van der Waals surface area (Å²) in [5.41, 5.74) is 6.84. The summed E-state index contributed by atoms with van der Waals surface area (Å²) >= 11 is 6.75. The lowest BCUT2D eigenvalue weighted by molar-refractivity contribution is 1.02. The van der Waals surface area contributed by atoms with Gasteiger partial charge >= 0.3 is 0 Å². The van der Waals surface area contributed by atoms with E-state index < -0.39 is 0 Å². The molecule has 0 aliphatic carbocycles. The third kappa shape index (κ3) is 2.81. The second kappa shape index (κ2) is 5.12. The summed E-state index contributed by atoms with van der Waals surface area (Å²) in [5.74, 6) is 0. The van der Waals surface area contributed by atoms with Crippen LogP contribution >= 0.6 is 39.0 Å². The average Bonchev–Trinajstić information content (AvgIpc) is 2.71. The Kier molecular flexibility index (Phi) is 3.80. The van der Waals surface area contributed by atoms with Crippen LogP contribution in [0.5, 0.6) is 0 Å². The van der Waals surface area contributed by atoms with Crippen molar-refractivity contribution < 1.29 is 0 Å². The Morgan fingerprint density at radius 3 is 3.00 bits per heavy atom. The zero-order valence-electron chi connectivity index (χ0n) is 7.81. The summed E-state index contributed by atoms with van der Waals surface area (Å²) in [7, 11) is 0. The molecule has 2 nitrogen and oxygen atoms in total. The largest absolute Gasteiger partial charge is 0.326 e. The Morgan fingerprint density at radius 2 is 2.33 bits per heavy atom. The topological polar surface area (TPSA) is 38.9 Å². The molecule has 0 aliphatic heterocycles. The number of halogens is 1. The Balaban J connectivity index is 2.30. The molecule has 15 heavy (non-hydrogen) atoms. The van der Waals surface area contributed by atoms with Crippen LogP contribution in [-0.2, 0) is 6.54 Å². The number of nitrogens with zero attached hydrogens (tertiary/aromatic N) is 1. The predicted molar refractivity (Wildman–Crippen MR) is 68.3 cm³/mol. The fraction of sp³-hybridized carbons (Fsp3) is 0.100. The Morgan fingerprint density at radius 1 is 1.47 bits per heavy atom. The molecule has 0 spiro atoms. The first kappa shape index (κ1) is 11.1. The molecule has 5 heteroatoms. The van der Waals surface area contributed by atoms with Crippen LogP contribution in [0.4, 0.5) is 0 Å². The molecule has 0 amide bonds. The van der Waals surface area contributed by atoms with Crippen LogP contribution in [0.15, 0.2) is 43.5 Å². The van der Waals surface area contributed by atoms with Crippen molar-refractivity contribution in [1.29, 1.82) is 0 Å². The highest BCUT2D eigenvalue weighted by molar-refractivity contribution is 9.10. The van der Waals surface area contributed by atoms with Crippen LogP contribution in [0.25, 0.3) is 0 Å². The molecule has 78 valence electrons. The van der Waals surface area contributed by atoms with Crippen molar-refractivity contribution in [1.82, 2.24) is 4.98 Å². The molecule has 1 aromatic carbocycles. The van der Waals surface area contributed by atoms with Gasteiger partial charge in [-0.1, -0.05) is 33.8 Å². The van der Waals surface area contributed by atoms with Gasteiger partial charge in [-0.05, 0) is 17.7 Å². The maximum absolute atomic E-state index is 5.68. The molecular weight excluding hydrogens is 292 g/mol. The van der Waals surface area contributed by atoms with Crippen molar-refractivity contribution in [2.24, 2.45) is 5.73 Å². The monoisotopic (exact) mass is 300 g/mol. The molecule has 0 unspecified atom stereocenters. The quantitative estimate of drug-likeness (QED) is 0.943. The van der Waals surface area contributed by atoms with Crippen molar-refractivity contribution in [3.05, 3.63) is 39.8 Å². The van der Waals surface area contributed by atoms with Crippen molar-refractivity contribution in [3.8, 4) is 0 Å². The van der Waals surface area contributed by atoms with E-state index >= 15 is 0 Å². The molecule has 0 saturated carbocycles. The van der Waals surface area contributed by atoms with Gasteiger partial charge in [0.05, 0.1) is 0 Å². The van der Waals surface area contributed by atoms with E-state index in [9.17, 15) is 0 Å². The molecule has 1 aromatic heterocycles. The Labute approximate surface area is 105 Å². The third-order valence-corrected chi connectivity index (χ3v) is 4.33. The molecule has 1 heterocycles. The number of benzene rings is 1. The van der Waals surface area contributed by atoms with Crippen LogP contribution in [0, 0.1) is 0 Å². The van der Waals surface area contributed by atoms with Gasteiger partial charge in [0.1, 0.15) is 0 Å². The first-order valence-corrected chi connectivity index (χ1v) is 6.84. The molecule has 0 atom stereocenters. The lowest BCUT2D eigenvalue weighted by Crippen LogP contribution is -1.97. The molecule has 0 radical (unpaired) electrons. The molecule has 2 N–H and O–H groups in total. The highest BCUT2D eigenvalue weighted by Gasteiger charge is 2.05. The minimum absolute atomic E-state index is 0.557.